The van der Waals surface area contributed by atoms with Crippen LogP contribution in [0.3, 0.4) is 0 Å². The Morgan fingerprint density at radius 3 is 2.95 bits per heavy atom. The molecule has 6 nitrogen and oxygen atoms in total. The minimum atomic E-state index is -0.564. The van der Waals surface area contributed by atoms with Gasteiger partial charge in [0.1, 0.15) is 11.5 Å². The number of pyridine rings is 1. The monoisotopic (exact) mass is 265 g/mol. The SMILES string of the molecule is CC(O)CNC(=O)c1cccc(N2CCOCC2)n1. The summed E-state index contributed by atoms with van der Waals surface area (Å²) in [4.78, 5) is 18.3. The summed E-state index contributed by atoms with van der Waals surface area (Å²) in [5, 5.41) is 11.8. The third-order valence-electron chi connectivity index (χ3n) is 2.86. The van der Waals surface area contributed by atoms with Gasteiger partial charge < -0.3 is 20.1 Å². The number of anilines is 1. The maximum absolute atomic E-state index is 11.9. The summed E-state index contributed by atoms with van der Waals surface area (Å²) in [5.74, 6) is 0.518. The highest BCUT2D eigenvalue weighted by Crippen LogP contribution is 2.13. The second-order valence-corrected chi connectivity index (χ2v) is 4.54. The number of hydrogen-bond donors (Lipinski definition) is 2. The molecule has 0 spiro atoms. The highest BCUT2D eigenvalue weighted by Gasteiger charge is 2.14. The Morgan fingerprint density at radius 2 is 2.26 bits per heavy atom. The number of ether oxygens (including phenoxy) is 1. The molecular formula is C13H19N3O3. The van der Waals surface area contributed by atoms with E-state index < -0.39 is 6.10 Å². The minimum Gasteiger partial charge on any atom is -0.392 e. The van der Waals surface area contributed by atoms with Gasteiger partial charge in [0.2, 0.25) is 0 Å². The van der Waals surface area contributed by atoms with Gasteiger partial charge in [-0.2, -0.15) is 0 Å². The standard InChI is InChI=1S/C13H19N3O3/c1-10(17)9-14-13(18)11-3-2-4-12(15-11)16-5-7-19-8-6-16/h2-4,10,17H,5-9H2,1H3,(H,14,18). The number of morpholine rings is 1. The molecule has 0 aromatic carbocycles. The average molecular weight is 265 g/mol. The van der Waals surface area contributed by atoms with Crippen LogP contribution in [0.15, 0.2) is 18.2 Å². The number of nitrogens with zero attached hydrogens (tertiary/aromatic N) is 2. The van der Waals surface area contributed by atoms with E-state index in [4.69, 9.17) is 9.84 Å². The molecule has 1 aromatic rings. The van der Waals surface area contributed by atoms with Crippen LogP contribution in [-0.4, -0.2) is 54.9 Å². The van der Waals surface area contributed by atoms with Crippen LogP contribution in [0.25, 0.3) is 0 Å². The first kappa shape index (κ1) is 13.8. The van der Waals surface area contributed by atoms with Gasteiger partial charge in [-0.3, -0.25) is 4.79 Å². The van der Waals surface area contributed by atoms with Gasteiger partial charge in [0.15, 0.2) is 0 Å². The molecule has 104 valence electrons. The molecule has 1 saturated heterocycles. The van der Waals surface area contributed by atoms with E-state index >= 15 is 0 Å². The van der Waals surface area contributed by atoms with E-state index in [1.807, 2.05) is 12.1 Å². The Kier molecular flexibility index (Phi) is 4.70. The van der Waals surface area contributed by atoms with E-state index in [-0.39, 0.29) is 12.5 Å². The van der Waals surface area contributed by atoms with Crippen molar-refractivity contribution < 1.29 is 14.6 Å². The third-order valence-corrected chi connectivity index (χ3v) is 2.86. The summed E-state index contributed by atoms with van der Waals surface area (Å²) in [6.07, 6.45) is -0.564. The number of aromatic nitrogens is 1. The van der Waals surface area contributed by atoms with E-state index in [9.17, 15) is 4.79 Å². The first-order valence-electron chi connectivity index (χ1n) is 6.43. The summed E-state index contributed by atoms with van der Waals surface area (Å²) in [5.41, 5.74) is 0.365. The Labute approximate surface area is 112 Å². The predicted octanol–water partition coefficient (Wildman–Crippen LogP) is 0.0288. The zero-order valence-corrected chi connectivity index (χ0v) is 11.0. The lowest BCUT2D eigenvalue weighted by molar-refractivity contribution is 0.0919. The van der Waals surface area contributed by atoms with Crippen molar-refractivity contribution in [2.75, 3.05) is 37.7 Å². The molecule has 2 heterocycles. The number of hydrogen-bond acceptors (Lipinski definition) is 5. The van der Waals surface area contributed by atoms with E-state index in [0.29, 0.717) is 18.9 Å². The van der Waals surface area contributed by atoms with Crippen LogP contribution >= 0.6 is 0 Å². The molecule has 2 rings (SSSR count). The lowest BCUT2D eigenvalue weighted by atomic mass is 10.3. The van der Waals surface area contributed by atoms with Crippen molar-refractivity contribution in [3.8, 4) is 0 Å². The molecule has 0 bridgehead atoms. The normalized spacial score (nSPS) is 17.1. The van der Waals surface area contributed by atoms with Gasteiger partial charge in [-0.1, -0.05) is 6.07 Å². The van der Waals surface area contributed by atoms with Gasteiger partial charge in [-0.25, -0.2) is 4.98 Å². The number of carbonyl (C=O) groups is 1. The van der Waals surface area contributed by atoms with Crippen molar-refractivity contribution in [3.05, 3.63) is 23.9 Å². The third kappa shape index (κ3) is 3.90. The second-order valence-electron chi connectivity index (χ2n) is 4.54. The molecule has 1 unspecified atom stereocenters. The minimum absolute atomic E-state index is 0.224. The zero-order chi connectivity index (χ0) is 13.7. The Hall–Kier alpha value is -1.66. The number of carbonyl (C=O) groups excluding carboxylic acids is 1. The fourth-order valence-corrected chi connectivity index (χ4v) is 1.85. The van der Waals surface area contributed by atoms with Crippen molar-refractivity contribution >= 4 is 11.7 Å². The first-order chi connectivity index (χ1) is 9.16. The van der Waals surface area contributed by atoms with Gasteiger partial charge in [0.05, 0.1) is 19.3 Å². The van der Waals surface area contributed by atoms with Crippen molar-refractivity contribution in [2.24, 2.45) is 0 Å². The number of amides is 1. The van der Waals surface area contributed by atoms with Gasteiger partial charge >= 0.3 is 0 Å². The molecule has 1 aliphatic rings. The summed E-state index contributed by atoms with van der Waals surface area (Å²) >= 11 is 0. The van der Waals surface area contributed by atoms with Gasteiger partial charge in [0.25, 0.3) is 5.91 Å². The van der Waals surface area contributed by atoms with Crippen LogP contribution in [0, 0.1) is 0 Å². The average Bonchev–Trinajstić information content (AvgIpc) is 2.46. The van der Waals surface area contributed by atoms with E-state index in [2.05, 4.69) is 15.2 Å². The van der Waals surface area contributed by atoms with Gasteiger partial charge in [-0.05, 0) is 19.1 Å². The Balaban J connectivity index is 2.03. The molecule has 0 aliphatic carbocycles. The van der Waals surface area contributed by atoms with Crippen molar-refractivity contribution in [2.45, 2.75) is 13.0 Å². The highest BCUT2D eigenvalue weighted by molar-refractivity contribution is 5.92. The molecule has 6 heteroatoms. The molecule has 1 aliphatic heterocycles. The van der Waals surface area contributed by atoms with Crippen LogP contribution in [0.4, 0.5) is 5.82 Å². The van der Waals surface area contributed by atoms with E-state index in [0.717, 1.165) is 18.9 Å². The lowest BCUT2D eigenvalue weighted by Gasteiger charge is -2.27. The molecule has 1 atom stereocenters. The largest absolute Gasteiger partial charge is 0.392 e. The second kappa shape index (κ2) is 6.49. The van der Waals surface area contributed by atoms with Crippen LogP contribution in [0.2, 0.25) is 0 Å². The molecule has 1 aromatic heterocycles. The van der Waals surface area contributed by atoms with Crippen molar-refractivity contribution in [3.63, 3.8) is 0 Å². The molecule has 1 amide bonds. The van der Waals surface area contributed by atoms with Crippen LogP contribution in [0.1, 0.15) is 17.4 Å². The highest BCUT2D eigenvalue weighted by atomic mass is 16.5. The first-order valence-corrected chi connectivity index (χ1v) is 6.43. The molecular weight excluding hydrogens is 246 g/mol. The lowest BCUT2D eigenvalue weighted by Crippen LogP contribution is -2.37. The summed E-state index contributed by atoms with van der Waals surface area (Å²) < 4.78 is 5.29. The number of aliphatic hydroxyl groups is 1. The number of nitrogens with one attached hydrogen (secondary N) is 1. The number of rotatable bonds is 4. The van der Waals surface area contributed by atoms with Crippen LogP contribution in [-0.2, 0) is 4.74 Å². The Bertz CT molecular complexity index is 431. The fourth-order valence-electron chi connectivity index (χ4n) is 1.85. The molecule has 2 N–H and O–H groups in total. The molecule has 0 saturated carbocycles. The van der Waals surface area contributed by atoms with E-state index in [1.165, 1.54) is 0 Å². The van der Waals surface area contributed by atoms with Crippen molar-refractivity contribution in [1.82, 2.24) is 10.3 Å². The summed E-state index contributed by atoms with van der Waals surface area (Å²) in [6, 6.07) is 5.37. The maximum Gasteiger partial charge on any atom is 0.270 e. The number of aliphatic hydroxyl groups excluding tert-OH is 1. The van der Waals surface area contributed by atoms with Crippen LogP contribution < -0.4 is 10.2 Å². The summed E-state index contributed by atoms with van der Waals surface area (Å²) in [7, 11) is 0. The Morgan fingerprint density at radius 1 is 1.53 bits per heavy atom. The molecule has 1 fully saturated rings. The quantitative estimate of drug-likeness (QED) is 0.803. The van der Waals surface area contributed by atoms with Crippen molar-refractivity contribution in [1.29, 1.82) is 0 Å². The molecule has 19 heavy (non-hydrogen) atoms. The zero-order valence-electron chi connectivity index (χ0n) is 11.0. The topological polar surface area (TPSA) is 74.7 Å². The van der Waals surface area contributed by atoms with Gasteiger partial charge in [0, 0.05) is 19.6 Å². The van der Waals surface area contributed by atoms with E-state index in [1.54, 1.807) is 13.0 Å². The van der Waals surface area contributed by atoms with Crippen LogP contribution in [0.5, 0.6) is 0 Å². The fraction of sp³-hybridized carbons (Fsp3) is 0.538. The molecule has 0 radical (unpaired) electrons. The predicted molar refractivity (Wildman–Crippen MR) is 71.3 cm³/mol. The summed E-state index contributed by atoms with van der Waals surface area (Å²) in [6.45, 7) is 4.78. The van der Waals surface area contributed by atoms with Gasteiger partial charge in [-0.15, -0.1) is 0 Å². The smallest absolute Gasteiger partial charge is 0.270 e. The maximum atomic E-state index is 11.9.